The van der Waals surface area contributed by atoms with Gasteiger partial charge in [-0.3, -0.25) is 9.78 Å². The first-order valence-electron chi connectivity index (χ1n) is 8.80. The van der Waals surface area contributed by atoms with E-state index in [1.807, 2.05) is 12.1 Å². The van der Waals surface area contributed by atoms with E-state index in [2.05, 4.69) is 21.2 Å². The van der Waals surface area contributed by atoms with Gasteiger partial charge in [0.15, 0.2) is 5.69 Å². The number of nitrogens with one attached hydrogen (secondary N) is 1. The molecule has 0 atom stereocenters. The Morgan fingerprint density at radius 1 is 1.21 bits per heavy atom. The van der Waals surface area contributed by atoms with Gasteiger partial charge in [0.05, 0.1) is 23.8 Å². The molecule has 0 aliphatic heterocycles. The van der Waals surface area contributed by atoms with Crippen molar-refractivity contribution in [1.82, 2.24) is 4.98 Å². The summed E-state index contributed by atoms with van der Waals surface area (Å²) in [6, 6.07) is 17.7. The lowest BCUT2D eigenvalue weighted by Gasteiger charge is -2.15. The van der Waals surface area contributed by atoms with Crippen LogP contribution >= 0.6 is 11.6 Å². The lowest BCUT2D eigenvalue weighted by Crippen LogP contribution is -2.18. The lowest BCUT2D eigenvalue weighted by atomic mass is 9.90. The summed E-state index contributed by atoms with van der Waals surface area (Å²) in [5.41, 5.74) is 2.62. The van der Waals surface area contributed by atoms with Crippen LogP contribution in [-0.2, 0) is 5.41 Å². The van der Waals surface area contributed by atoms with E-state index >= 15 is 0 Å². The Balaban J connectivity index is 1.93. The summed E-state index contributed by atoms with van der Waals surface area (Å²) in [6.07, 6.45) is 1.52. The van der Waals surface area contributed by atoms with Crippen LogP contribution in [0.2, 0.25) is 5.02 Å². The molecule has 2 aromatic carbocycles. The van der Waals surface area contributed by atoms with Gasteiger partial charge < -0.3 is 5.32 Å². The zero-order valence-electron chi connectivity index (χ0n) is 15.9. The van der Waals surface area contributed by atoms with Gasteiger partial charge in [0.2, 0.25) is 0 Å². The maximum Gasteiger partial charge on any atom is 0.255 e. The molecule has 6 heteroatoms. The molecule has 1 heterocycles. The molecule has 0 saturated carbocycles. The zero-order chi connectivity index (χ0) is 21.0. The quantitative estimate of drug-likeness (QED) is 0.545. The SMILES string of the molecule is [C-]#[N+]c1ccc(NC(=O)c2ccnc(C(C)(C)C#N)c2)cc1-c1cccc(Cl)c1. The number of halogens is 1. The predicted octanol–water partition coefficient (Wildman–Crippen LogP) is 6.01. The number of anilines is 1. The minimum Gasteiger partial charge on any atom is -0.322 e. The number of hydrogen-bond acceptors (Lipinski definition) is 3. The van der Waals surface area contributed by atoms with Crippen LogP contribution in [0, 0.1) is 17.9 Å². The average Bonchev–Trinajstić information content (AvgIpc) is 2.73. The summed E-state index contributed by atoms with van der Waals surface area (Å²) in [4.78, 5) is 20.5. The van der Waals surface area contributed by atoms with E-state index in [1.165, 1.54) is 6.20 Å². The van der Waals surface area contributed by atoms with Gasteiger partial charge in [-0.05, 0) is 61.4 Å². The smallest absolute Gasteiger partial charge is 0.255 e. The van der Waals surface area contributed by atoms with Gasteiger partial charge in [-0.2, -0.15) is 5.26 Å². The van der Waals surface area contributed by atoms with Crippen molar-refractivity contribution in [2.45, 2.75) is 19.3 Å². The number of carbonyl (C=O) groups is 1. The number of nitrogens with zero attached hydrogens (tertiary/aromatic N) is 3. The fraction of sp³-hybridized carbons (Fsp3) is 0.130. The highest BCUT2D eigenvalue weighted by Crippen LogP contribution is 2.34. The normalized spacial score (nSPS) is 10.7. The first kappa shape index (κ1) is 20.1. The summed E-state index contributed by atoms with van der Waals surface area (Å²) in [6.45, 7) is 10.9. The Morgan fingerprint density at radius 2 is 2.00 bits per heavy atom. The molecule has 0 aliphatic carbocycles. The zero-order valence-corrected chi connectivity index (χ0v) is 16.7. The molecule has 1 aromatic heterocycles. The Bertz CT molecular complexity index is 1170. The maximum absolute atomic E-state index is 12.7. The van der Waals surface area contributed by atoms with Crippen LogP contribution in [0.15, 0.2) is 60.8 Å². The largest absolute Gasteiger partial charge is 0.322 e. The maximum atomic E-state index is 12.7. The van der Waals surface area contributed by atoms with Gasteiger partial charge in [0.25, 0.3) is 5.91 Å². The summed E-state index contributed by atoms with van der Waals surface area (Å²) in [5.74, 6) is -0.324. The van der Waals surface area contributed by atoms with Crippen molar-refractivity contribution in [3.8, 4) is 17.2 Å². The third kappa shape index (κ3) is 4.43. The van der Waals surface area contributed by atoms with E-state index in [4.69, 9.17) is 18.2 Å². The van der Waals surface area contributed by atoms with Crippen molar-refractivity contribution in [3.63, 3.8) is 0 Å². The number of pyridine rings is 1. The Morgan fingerprint density at radius 3 is 2.69 bits per heavy atom. The molecule has 0 spiro atoms. The Kier molecular flexibility index (Phi) is 5.64. The predicted molar refractivity (Wildman–Crippen MR) is 114 cm³/mol. The van der Waals surface area contributed by atoms with E-state index in [1.54, 1.807) is 56.3 Å². The summed E-state index contributed by atoms with van der Waals surface area (Å²) < 4.78 is 0. The van der Waals surface area contributed by atoms with E-state index in [0.29, 0.717) is 33.2 Å². The van der Waals surface area contributed by atoms with Crippen molar-refractivity contribution in [1.29, 1.82) is 5.26 Å². The highest BCUT2D eigenvalue weighted by atomic mass is 35.5. The average molecular weight is 401 g/mol. The molecule has 3 rings (SSSR count). The fourth-order valence-corrected chi connectivity index (χ4v) is 2.96. The first-order valence-corrected chi connectivity index (χ1v) is 9.18. The third-order valence-electron chi connectivity index (χ3n) is 4.45. The van der Waals surface area contributed by atoms with Crippen LogP contribution in [0.25, 0.3) is 16.0 Å². The number of rotatable bonds is 4. The second-order valence-electron chi connectivity index (χ2n) is 6.97. The highest BCUT2D eigenvalue weighted by molar-refractivity contribution is 6.30. The van der Waals surface area contributed by atoms with Gasteiger partial charge in [-0.15, -0.1) is 0 Å². The number of carbonyl (C=O) groups excluding carboxylic acids is 1. The van der Waals surface area contributed by atoms with Crippen molar-refractivity contribution in [2.24, 2.45) is 0 Å². The molecule has 3 aromatic rings. The topological polar surface area (TPSA) is 70.1 Å². The first-order chi connectivity index (χ1) is 13.8. The van der Waals surface area contributed by atoms with Crippen molar-refractivity contribution in [2.75, 3.05) is 5.32 Å². The Hall–Kier alpha value is -3.67. The number of amides is 1. The molecule has 0 radical (unpaired) electrons. The van der Waals surface area contributed by atoms with Crippen LogP contribution in [0.1, 0.15) is 29.9 Å². The lowest BCUT2D eigenvalue weighted by molar-refractivity contribution is 0.102. The molecule has 0 unspecified atom stereocenters. The molecule has 142 valence electrons. The second-order valence-corrected chi connectivity index (χ2v) is 7.41. The van der Waals surface area contributed by atoms with Crippen LogP contribution in [0.5, 0.6) is 0 Å². The minimum absolute atomic E-state index is 0.324. The van der Waals surface area contributed by atoms with E-state index in [-0.39, 0.29) is 5.91 Å². The molecule has 1 N–H and O–H groups in total. The second kappa shape index (κ2) is 8.14. The van der Waals surface area contributed by atoms with Crippen LogP contribution in [0.4, 0.5) is 11.4 Å². The van der Waals surface area contributed by atoms with Crippen molar-refractivity contribution < 1.29 is 4.79 Å². The summed E-state index contributed by atoms with van der Waals surface area (Å²) in [5, 5.41) is 12.7. The van der Waals surface area contributed by atoms with E-state index in [9.17, 15) is 10.1 Å². The summed E-state index contributed by atoms with van der Waals surface area (Å²) >= 11 is 6.08. The van der Waals surface area contributed by atoms with Crippen molar-refractivity contribution >= 4 is 28.9 Å². The van der Waals surface area contributed by atoms with Crippen LogP contribution in [-0.4, -0.2) is 10.9 Å². The number of benzene rings is 2. The fourth-order valence-electron chi connectivity index (χ4n) is 2.77. The van der Waals surface area contributed by atoms with Gasteiger partial charge in [0.1, 0.15) is 0 Å². The monoisotopic (exact) mass is 400 g/mol. The van der Waals surface area contributed by atoms with Gasteiger partial charge in [-0.25, -0.2) is 4.85 Å². The van der Waals surface area contributed by atoms with Gasteiger partial charge >= 0.3 is 0 Å². The molecule has 1 amide bonds. The van der Waals surface area contributed by atoms with E-state index < -0.39 is 5.41 Å². The molecule has 0 fully saturated rings. The van der Waals surface area contributed by atoms with Crippen molar-refractivity contribution in [3.05, 3.63) is 88.5 Å². The Labute approximate surface area is 174 Å². The molecular formula is C23H17ClN4O. The molecular weight excluding hydrogens is 384 g/mol. The van der Waals surface area contributed by atoms with Gasteiger partial charge in [0, 0.05) is 22.5 Å². The van der Waals surface area contributed by atoms with Crippen LogP contribution < -0.4 is 5.32 Å². The number of hydrogen-bond donors (Lipinski definition) is 1. The number of nitriles is 1. The molecule has 0 bridgehead atoms. The molecule has 29 heavy (non-hydrogen) atoms. The summed E-state index contributed by atoms with van der Waals surface area (Å²) in [7, 11) is 0. The van der Waals surface area contributed by atoms with E-state index in [0.717, 1.165) is 5.56 Å². The van der Waals surface area contributed by atoms with Gasteiger partial charge in [-0.1, -0.05) is 29.8 Å². The minimum atomic E-state index is -0.798. The molecule has 0 aliphatic rings. The standard InChI is InChI=1S/C23H17ClN4O/c1-23(2,14-25)21-12-16(9-10-27-21)22(29)28-18-7-8-20(26-3)19(13-18)15-5-4-6-17(24)11-15/h4-13H,1-2H3,(H,28,29). The third-order valence-corrected chi connectivity index (χ3v) is 4.69. The highest BCUT2D eigenvalue weighted by Gasteiger charge is 2.22. The number of aromatic nitrogens is 1. The van der Waals surface area contributed by atoms with Crippen LogP contribution in [0.3, 0.4) is 0 Å². The molecule has 5 nitrogen and oxygen atoms in total. The molecule has 0 saturated heterocycles.